The maximum atomic E-state index is 16.6. The molecule has 282 valence electrons. The zero-order chi connectivity index (χ0) is 38.0. The van der Waals surface area contributed by atoms with Crippen molar-refractivity contribution in [1.82, 2.24) is 24.5 Å². The van der Waals surface area contributed by atoms with Crippen LogP contribution in [-0.2, 0) is 16.1 Å². The Balaban J connectivity index is 1.36. The number of alkyl halides is 2. The van der Waals surface area contributed by atoms with Crippen LogP contribution in [0.15, 0.2) is 59.3 Å². The van der Waals surface area contributed by atoms with Crippen molar-refractivity contribution >= 4 is 40.1 Å². The van der Waals surface area contributed by atoms with Crippen LogP contribution in [-0.4, -0.2) is 108 Å². The predicted molar refractivity (Wildman–Crippen MR) is 192 cm³/mol. The van der Waals surface area contributed by atoms with Gasteiger partial charge in [0.25, 0.3) is 5.91 Å². The lowest BCUT2D eigenvalue weighted by Gasteiger charge is -2.37. The first-order valence-electron chi connectivity index (χ1n) is 17.4. The van der Waals surface area contributed by atoms with Gasteiger partial charge in [0.05, 0.1) is 5.39 Å². The van der Waals surface area contributed by atoms with Crippen molar-refractivity contribution in [1.29, 1.82) is 0 Å². The third-order valence-corrected chi connectivity index (χ3v) is 9.09. The van der Waals surface area contributed by atoms with Crippen LogP contribution < -0.4 is 9.64 Å². The number of carbonyl (C=O) groups is 3. The number of benzene rings is 2. The van der Waals surface area contributed by atoms with E-state index in [2.05, 4.69) is 5.10 Å². The Bertz CT molecular complexity index is 2010. The lowest BCUT2D eigenvalue weighted by molar-refractivity contribution is -0.131. The molecule has 6 rings (SSSR count). The van der Waals surface area contributed by atoms with Crippen LogP contribution in [0.1, 0.15) is 49.7 Å². The maximum Gasteiger partial charge on any atom is 0.410 e. The van der Waals surface area contributed by atoms with Gasteiger partial charge in [-0.05, 0) is 57.0 Å². The summed E-state index contributed by atoms with van der Waals surface area (Å²) < 4.78 is 62.8. The minimum absolute atomic E-state index is 0.0159. The number of halogens is 3. The summed E-state index contributed by atoms with van der Waals surface area (Å²) in [6.07, 6.45) is 5.51. The number of furan rings is 1. The quantitative estimate of drug-likeness (QED) is 0.192. The monoisotopic (exact) mass is 736 g/mol. The van der Waals surface area contributed by atoms with Gasteiger partial charge in [0, 0.05) is 113 Å². The van der Waals surface area contributed by atoms with Crippen LogP contribution in [0.2, 0.25) is 0 Å². The number of ether oxygens (including phenoxy) is 2. The molecule has 53 heavy (non-hydrogen) atoms. The molecule has 1 fully saturated rings. The van der Waals surface area contributed by atoms with E-state index in [1.807, 2.05) is 11.0 Å². The van der Waals surface area contributed by atoms with Crippen molar-refractivity contribution in [3.05, 3.63) is 72.0 Å². The molecule has 0 atom stereocenters. The molecule has 12 nitrogen and oxygen atoms in total. The molecule has 0 bridgehead atoms. The number of fused-ring (bicyclic) bond motifs is 1. The van der Waals surface area contributed by atoms with E-state index in [0.717, 1.165) is 0 Å². The normalized spacial score (nSPS) is 15.2. The summed E-state index contributed by atoms with van der Waals surface area (Å²) in [5, 5.41) is 4.13. The van der Waals surface area contributed by atoms with Crippen molar-refractivity contribution in [3.63, 3.8) is 0 Å². The topological polar surface area (TPSA) is 114 Å². The number of rotatable bonds is 9. The third-order valence-electron chi connectivity index (χ3n) is 9.09. The van der Waals surface area contributed by atoms with Crippen LogP contribution >= 0.6 is 0 Å². The summed E-state index contributed by atoms with van der Waals surface area (Å²) in [6, 6.07) is 9.40. The van der Waals surface area contributed by atoms with Gasteiger partial charge >= 0.3 is 12.7 Å². The molecule has 0 unspecified atom stereocenters. The largest absolute Gasteiger partial charge is 0.450 e. The Hall–Kier alpha value is -5.47. The number of aromatic nitrogens is 2. The molecule has 0 spiro atoms. The molecule has 0 saturated carbocycles. The van der Waals surface area contributed by atoms with Gasteiger partial charge in [-0.2, -0.15) is 13.9 Å². The number of nitrogens with zero attached hydrogens (tertiary/aromatic N) is 6. The fourth-order valence-electron chi connectivity index (χ4n) is 6.48. The summed E-state index contributed by atoms with van der Waals surface area (Å²) in [5.74, 6) is -1.62. The minimum Gasteiger partial charge on any atom is -0.450 e. The van der Waals surface area contributed by atoms with E-state index < -0.39 is 30.0 Å². The average molecular weight is 737 g/mol. The van der Waals surface area contributed by atoms with E-state index >= 15 is 4.39 Å². The Morgan fingerprint density at radius 3 is 2.40 bits per heavy atom. The number of anilines is 1. The van der Waals surface area contributed by atoms with E-state index in [1.54, 1.807) is 65.8 Å². The van der Waals surface area contributed by atoms with Crippen LogP contribution in [0.4, 0.5) is 23.7 Å². The first-order chi connectivity index (χ1) is 25.2. The molecule has 3 amide bonds. The number of aryl methyl sites for hydroxylation is 1. The molecule has 1 saturated heterocycles. The molecule has 2 aromatic carbocycles. The van der Waals surface area contributed by atoms with Crippen LogP contribution in [0, 0.1) is 5.82 Å². The zero-order valence-electron chi connectivity index (χ0n) is 30.4. The lowest BCUT2D eigenvalue weighted by Crippen LogP contribution is -2.50. The summed E-state index contributed by atoms with van der Waals surface area (Å²) >= 11 is 0. The Morgan fingerprint density at radius 2 is 1.74 bits per heavy atom. The molecule has 4 heterocycles. The van der Waals surface area contributed by atoms with E-state index in [9.17, 15) is 23.2 Å². The maximum absolute atomic E-state index is 16.6. The fourth-order valence-corrected chi connectivity index (χ4v) is 6.48. The molecule has 2 aliphatic rings. The smallest absolute Gasteiger partial charge is 0.410 e. The van der Waals surface area contributed by atoms with Crippen LogP contribution in [0.3, 0.4) is 0 Å². The standard InChI is InChI=1S/C38H43F3N6O6/c1-38(2,3)53-37(50)45-18-16-44(17-19-45)25-9-10-26(30(20-25)52-36(40)41)28-21-27(33(39)29-22-31(51-34(28)29)35(49)43(4)5)24-8-6-13-46(23-24)32(48)11-15-47-14-7-12-42-47/h7-10,12,14,20-22,36H,6,11,13,15-19,23H2,1-5H3. The second-order valence-electron chi connectivity index (χ2n) is 14.2. The van der Waals surface area contributed by atoms with Gasteiger partial charge in [0.1, 0.15) is 22.8 Å². The highest BCUT2D eigenvalue weighted by Gasteiger charge is 2.29. The highest BCUT2D eigenvalue weighted by molar-refractivity contribution is 6.03. The van der Waals surface area contributed by atoms with E-state index in [4.69, 9.17) is 13.9 Å². The first-order valence-corrected chi connectivity index (χ1v) is 17.4. The van der Waals surface area contributed by atoms with Gasteiger partial charge in [-0.3, -0.25) is 14.3 Å². The molecular weight excluding hydrogens is 693 g/mol. The SMILES string of the molecule is CN(C)C(=O)c1cc2c(F)c(C3=CCCN(C(=O)CCn4cccn4)C3)cc(-c3ccc(N4CCN(C(=O)OC(C)(C)C)CC4)cc3OC(F)F)c2o1. The predicted octanol–water partition coefficient (Wildman–Crippen LogP) is 6.50. The van der Waals surface area contributed by atoms with Crippen molar-refractivity contribution < 1.29 is 41.4 Å². The number of hydrogen-bond acceptors (Lipinski definition) is 8. The van der Waals surface area contributed by atoms with E-state index in [0.29, 0.717) is 56.9 Å². The van der Waals surface area contributed by atoms with Gasteiger partial charge < -0.3 is 33.5 Å². The lowest BCUT2D eigenvalue weighted by atomic mass is 9.93. The Kier molecular flexibility index (Phi) is 10.7. The summed E-state index contributed by atoms with van der Waals surface area (Å²) in [4.78, 5) is 45.3. The number of amides is 3. The Morgan fingerprint density at radius 1 is 0.981 bits per heavy atom. The molecule has 4 aromatic rings. The van der Waals surface area contributed by atoms with E-state index in [-0.39, 0.29) is 58.0 Å². The average Bonchev–Trinajstić information content (AvgIpc) is 3.81. The molecule has 15 heteroatoms. The molecule has 0 radical (unpaired) electrons. The van der Waals surface area contributed by atoms with Crippen molar-refractivity contribution in [2.45, 2.75) is 52.4 Å². The molecule has 2 aromatic heterocycles. The molecule has 2 aliphatic heterocycles. The van der Waals surface area contributed by atoms with Gasteiger partial charge in [0.15, 0.2) is 5.76 Å². The summed E-state index contributed by atoms with van der Waals surface area (Å²) in [6.45, 7) is 4.70. The second kappa shape index (κ2) is 15.2. The molecule has 0 N–H and O–H groups in total. The molecular formula is C38H43F3N6O6. The highest BCUT2D eigenvalue weighted by atomic mass is 19.3. The van der Waals surface area contributed by atoms with Crippen molar-refractivity contribution in [3.8, 4) is 16.9 Å². The first kappa shape index (κ1) is 37.3. The Labute approximate surface area is 305 Å². The van der Waals surface area contributed by atoms with Gasteiger partial charge in [-0.25, -0.2) is 9.18 Å². The number of hydrogen-bond donors (Lipinski definition) is 0. The zero-order valence-corrected chi connectivity index (χ0v) is 30.4. The van der Waals surface area contributed by atoms with Gasteiger partial charge in [-0.15, -0.1) is 0 Å². The van der Waals surface area contributed by atoms with Crippen LogP contribution in [0.5, 0.6) is 5.75 Å². The number of piperazine rings is 1. The van der Waals surface area contributed by atoms with Crippen molar-refractivity contribution in [2.24, 2.45) is 0 Å². The van der Waals surface area contributed by atoms with E-state index in [1.165, 1.54) is 37.2 Å². The molecule has 0 aliphatic carbocycles. The highest BCUT2D eigenvalue weighted by Crippen LogP contribution is 2.43. The van der Waals surface area contributed by atoms with Gasteiger partial charge in [0.2, 0.25) is 5.91 Å². The number of carbonyl (C=O) groups excluding carboxylic acids is 3. The van der Waals surface area contributed by atoms with Crippen LogP contribution in [0.25, 0.3) is 27.7 Å². The minimum atomic E-state index is -3.19. The summed E-state index contributed by atoms with van der Waals surface area (Å²) in [7, 11) is 3.06. The van der Waals surface area contributed by atoms with Gasteiger partial charge in [-0.1, -0.05) is 6.08 Å². The summed E-state index contributed by atoms with van der Waals surface area (Å²) in [5.41, 5.74) is 1.01. The van der Waals surface area contributed by atoms with Crippen molar-refractivity contribution in [2.75, 3.05) is 58.3 Å². The fraction of sp³-hybridized carbons (Fsp3) is 0.421. The second-order valence-corrected chi connectivity index (χ2v) is 14.2. The third kappa shape index (κ3) is 8.44.